The Balaban J connectivity index is 1.85. The van der Waals surface area contributed by atoms with Crippen molar-refractivity contribution in [1.82, 2.24) is 10.6 Å². The Hall–Kier alpha value is -2.02. The Morgan fingerprint density at radius 1 is 1.35 bits per heavy atom. The lowest BCUT2D eigenvalue weighted by Crippen LogP contribution is -2.50. The van der Waals surface area contributed by atoms with E-state index in [4.69, 9.17) is 17.0 Å². The van der Waals surface area contributed by atoms with Gasteiger partial charge < -0.3 is 15.4 Å². The van der Waals surface area contributed by atoms with E-state index in [1.807, 2.05) is 0 Å². The monoisotopic (exact) mass is 340 g/mol. The van der Waals surface area contributed by atoms with Crippen molar-refractivity contribution >= 4 is 23.3 Å². The van der Waals surface area contributed by atoms with E-state index >= 15 is 0 Å². The van der Waals surface area contributed by atoms with Crippen molar-refractivity contribution < 1.29 is 18.3 Å². The zero-order valence-electron chi connectivity index (χ0n) is 12.7. The molecule has 1 heterocycles. The van der Waals surface area contributed by atoms with E-state index in [1.54, 1.807) is 19.1 Å². The fourth-order valence-corrected chi connectivity index (χ4v) is 2.64. The zero-order valence-corrected chi connectivity index (χ0v) is 13.5. The molecule has 0 aromatic heterocycles. The fraction of sp³-hybridized carbons (Fsp3) is 0.375. The molecule has 0 aliphatic carbocycles. The van der Waals surface area contributed by atoms with Crippen LogP contribution < -0.4 is 10.6 Å². The normalized spacial score (nSPS) is 17.5. The van der Waals surface area contributed by atoms with Gasteiger partial charge in [-0.3, -0.25) is 0 Å². The molecule has 0 amide bonds. The fourth-order valence-electron chi connectivity index (χ4n) is 2.35. The van der Waals surface area contributed by atoms with Gasteiger partial charge in [0.25, 0.3) is 0 Å². The summed E-state index contributed by atoms with van der Waals surface area (Å²) >= 11 is 4.93. The summed E-state index contributed by atoms with van der Waals surface area (Å²) in [5, 5.41) is 5.78. The summed E-state index contributed by atoms with van der Waals surface area (Å²) in [7, 11) is 0. The van der Waals surface area contributed by atoms with E-state index in [-0.39, 0.29) is 23.1 Å². The van der Waals surface area contributed by atoms with Gasteiger partial charge in [-0.25, -0.2) is 13.6 Å². The van der Waals surface area contributed by atoms with Gasteiger partial charge in [0, 0.05) is 5.70 Å². The van der Waals surface area contributed by atoms with Crippen LogP contribution in [0.1, 0.15) is 18.9 Å². The maximum absolute atomic E-state index is 13.1. The predicted molar refractivity (Wildman–Crippen MR) is 87.0 cm³/mol. The lowest BCUT2D eigenvalue weighted by molar-refractivity contribution is -0.139. The van der Waals surface area contributed by atoms with Gasteiger partial charge >= 0.3 is 5.97 Å². The number of carbonyl (C=O) groups excluding carboxylic acids is 1. The molecule has 23 heavy (non-hydrogen) atoms. The first-order chi connectivity index (χ1) is 11.0. The second kappa shape index (κ2) is 8.01. The largest absolute Gasteiger partial charge is 0.462 e. The van der Waals surface area contributed by atoms with Crippen LogP contribution in [0.3, 0.4) is 0 Å². The molecule has 4 nitrogen and oxygen atoms in total. The highest BCUT2D eigenvalue weighted by Gasteiger charge is 2.29. The van der Waals surface area contributed by atoms with Crippen molar-refractivity contribution in [3.63, 3.8) is 0 Å². The van der Waals surface area contributed by atoms with E-state index in [9.17, 15) is 13.6 Å². The van der Waals surface area contributed by atoms with Gasteiger partial charge in [-0.1, -0.05) is 12.1 Å². The molecule has 1 aliphatic rings. The molecule has 0 spiro atoms. The first-order valence-corrected chi connectivity index (χ1v) is 7.68. The zero-order chi connectivity index (χ0) is 16.8. The van der Waals surface area contributed by atoms with E-state index in [2.05, 4.69) is 10.6 Å². The van der Waals surface area contributed by atoms with E-state index in [0.717, 1.165) is 5.56 Å². The van der Waals surface area contributed by atoms with Crippen LogP contribution in [-0.4, -0.2) is 30.4 Å². The molecule has 124 valence electrons. The summed E-state index contributed by atoms with van der Waals surface area (Å²) in [4.78, 5) is 12.1. The number of aryl methyl sites for hydroxylation is 1. The lowest BCUT2D eigenvalue weighted by atomic mass is 10.0. The molecule has 1 aromatic carbocycles. The average molecular weight is 340 g/mol. The molecule has 1 unspecified atom stereocenters. The number of hydrogen-bond acceptors (Lipinski definition) is 3. The summed E-state index contributed by atoms with van der Waals surface area (Å²) in [5.41, 5.74) is 1.69. The number of alkyl halides is 1. The van der Waals surface area contributed by atoms with Gasteiger partial charge in [0.05, 0.1) is 18.2 Å². The molecule has 2 N–H and O–H groups in total. The summed E-state index contributed by atoms with van der Waals surface area (Å²) in [6, 6.07) is 5.39. The third-order valence-electron chi connectivity index (χ3n) is 3.49. The highest BCUT2D eigenvalue weighted by molar-refractivity contribution is 7.80. The molecule has 1 atom stereocenters. The van der Waals surface area contributed by atoms with Crippen LogP contribution in [0.2, 0.25) is 0 Å². The SMILES string of the molecule is CC1=C(C(=O)OCCCc2ccc(F)cc2)C(CF)NC(=S)N1. The van der Waals surface area contributed by atoms with Crippen molar-refractivity contribution in [2.75, 3.05) is 13.3 Å². The molecule has 0 saturated heterocycles. The van der Waals surface area contributed by atoms with Crippen molar-refractivity contribution in [2.45, 2.75) is 25.8 Å². The highest BCUT2D eigenvalue weighted by atomic mass is 32.1. The molecule has 7 heteroatoms. The quantitative estimate of drug-likeness (QED) is 0.473. The van der Waals surface area contributed by atoms with Gasteiger partial charge in [-0.05, 0) is 49.7 Å². The van der Waals surface area contributed by atoms with Crippen LogP contribution in [-0.2, 0) is 16.0 Å². The minimum absolute atomic E-state index is 0.205. The van der Waals surface area contributed by atoms with Crippen LogP contribution in [0.15, 0.2) is 35.5 Å². The van der Waals surface area contributed by atoms with E-state index in [1.165, 1.54) is 12.1 Å². The number of nitrogens with one attached hydrogen (secondary N) is 2. The highest BCUT2D eigenvalue weighted by Crippen LogP contribution is 2.15. The summed E-state index contributed by atoms with van der Waals surface area (Å²) in [5.74, 6) is -0.846. The summed E-state index contributed by atoms with van der Waals surface area (Å²) < 4.78 is 31.1. The van der Waals surface area contributed by atoms with E-state index < -0.39 is 18.7 Å². The predicted octanol–water partition coefficient (Wildman–Crippen LogP) is 2.39. The Morgan fingerprint density at radius 3 is 2.70 bits per heavy atom. The number of thiocarbonyl (C=S) groups is 1. The van der Waals surface area contributed by atoms with Crippen molar-refractivity contribution in [3.8, 4) is 0 Å². The van der Waals surface area contributed by atoms with Gasteiger partial charge in [0.15, 0.2) is 5.11 Å². The van der Waals surface area contributed by atoms with Crippen molar-refractivity contribution in [3.05, 3.63) is 46.9 Å². The lowest BCUT2D eigenvalue weighted by Gasteiger charge is -2.27. The molecular formula is C16H18F2N2O2S. The minimum atomic E-state index is -0.784. The van der Waals surface area contributed by atoms with Crippen LogP contribution in [0.25, 0.3) is 0 Å². The number of benzene rings is 1. The number of esters is 1. The smallest absolute Gasteiger partial charge is 0.337 e. The molecule has 1 aliphatic heterocycles. The Kier molecular flexibility index (Phi) is 6.04. The van der Waals surface area contributed by atoms with E-state index in [0.29, 0.717) is 18.5 Å². The first kappa shape index (κ1) is 17.3. The number of ether oxygens (including phenoxy) is 1. The Bertz CT molecular complexity index is 617. The second-order valence-electron chi connectivity index (χ2n) is 5.21. The Labute approximate surface area is 138 Å². The average Bonchev–Trinajstić information content (AvgIpc) is 2.52. The van der Waals surface area contributed by atoms with Crippen LogP contribution in [0, 0.1) is 5.82 Å². The van der Waals surface area contributed by atoms with Gasteiger partial charge in [0.1, 0.15) is 12.5 Å². The standard InChI is InChI=1S/C16H18F2N2O2S/c1-10-14(13(9-17)20-16(23)19-10)15(21)22-8-2-3-11-4-6-12(18)7-5-11/h4-7,13H,2-3,8-9H2,1H3,(H2,19,20,23). The third kappa shape index (κ3) is 4.72. The van der Waals surface area contributed by atoms with Gasteiger partial charge in [-0.15, -0.1) is 0 Å². The number of allylic oxidation sites excluding steroid dienone is 1. The molecule has 0 saturated carbocycles. The number of hydrogen-bond donors (Lipinski definition) is 2. The molecule has 2 rings (SSSR count). The second-order valence-corrected chi connectivity index (χ2v) is 5.62. The maximum Gasteiger partial charge on any atom is 0.337 e. The molecule has 0 bridgehead atoms. The number of carbonyl (C=O) groups is 1. The Morgan fingerprint density at radius 2 is 2.04 bits per heavy atom. The molecule has 1 aromatic rings. The molecular weight excluding hydrogens is 322 g/mol. The van der Waals surface area contributed by atoms with Crippen LogP contribution >= 0.6 is 12.2 Å². The number of rotatable bonds is 6. The van der Waals surface area contributed by atoms with Crippen molar-refractivity contribution in [1.29, 1.82) is 0 Å². The topological polar surface area (TPSA) is 50.4 Å². The van der Waals surface area contributed by atoms with Gasteiger partial charge in [-0.2, -0.15) is 0 Å². The number of halogens is 2. The summed E-state index contributed by atoms with van der Waals surface area (Å²) in [6.07, 6.45) is 1.27. The summed E-state index contributed by atoms with van der Waals surface area (Å²) in [6.45, 7) is 1.11. The molecule has 0 fully saturated rings. The van der Waals surface area contributed by atoms with Crippen LogP contribution in [0.5, 0.6) is 0 Å². The maximum atomic E-state index is 13.1. The van der Waals surface area contributed by atoms with Crippen LogP contribution in [0.4, 0.5) is 8.78 Å². The minimum Gasteiger partial charge on any atom is -0.462 e. The third-order valence-corrected chi connectivity index (χ3v) is 3.71. The van der Waals surface area contributed by atoms with Gasteiger partial charge in [0.2, 0.25) is 0 Å². The molecule has 0 radical (unpaired) electrons. The van der Waals surface area contributed by atoms with Crippen molar-refractivity contribution in [2.24, 2.45) is 0 Å². The first-order valence-electron chi connectivity index (χ1n) is 7.27.